The van der Waals surface area contributed by atoms with Crippen LogP contribution in [0.3, 0.4) is 0 Å². The van der Waals surface area contributed by atoms with Crippen LogP contribution < -0.4 is 5.32 Å². The molecule has 1 fully saturated rings. The van der Waals surface area contributed by atoms with E-state index in [4.69, 9.17) is 4.74 Å². The van der Waals surface area contributed by atoms with Crippen molar-refractivity contribution in [3.63, 3.8) is 0 Å². The number of carbonyl (C=O) groups is 1. The zero-order valence-corrected chi connectivity index (χ0v) is 9.89. The van der Waals surface area contributed by atoms with E-state index in [-0.39, 0.29) is 6.09 Å². The summed E-state index contributed by atoms with van der Waals surface area (Å²) in [5.41, 5.74) is 1.12. The third-order valence-electron chi connectivity index (χ3n) is 2.83. The molecular formula is C13H18N2O2. The summed E-state index contributed by atoms with van der Waals surface area (Å²) in [7, 11) is 0. The number of carbonyl (C=O) groups excluding carboxylic acids is 1. The summed E-state index contributed by atoms with van der Waals surface area (Å²) >= 11 is 0. The Kier molecular flexibility index (Phi) is 4.38. The normalized spacial score (nSPS) is 19.8. The summed E-state index contributed by atoms with van der Waals surface area (Å²) in [5, 5.41) is 3.20. The standard InChI is InChI=1S/C13H18N2O2/c16-13(15-9-7-14-8-10-15)17-11-12-5-3-1-2-4-6-12/h1-5,14H,6-11H2. The molecule has 1 aliphatic heterocycles. The van der Waals surface area contributed by atoms with E-state index < -0.39 is 0 Å². The molecule has 0 unspecified atom stereocenters. The van der Waals surface area contributed by atoms with Gasteiger partial charge in [0.1, 0.15) is 6.61 Å². The molecule has 1 N–H and O–H groups in total. The largest absolute Gasteiger partial charge is 0.445 e. The highest BCUT2D eigenvalue weighted by molar-refractivity contribution is 5.68. The predicted octanol–water partition coefficient (Wildman–Crippen LogP) is 1.47. The van der Waals surface area contributed by atoms with Crippen LogP contribution in [0.15, 0.2) is 36.0 Å². The Hall–Kier alpha value is -1.55. The molecule has 1 saturated heterocycles. The molecule has 0 aromatic carbocycles. The first-order valence-electron chi connectivity index (χ1n) is 6.00. The summed E-state index contributed by atoms with van der Waals surface area (Å²) in [6.45, 7) is 3.55. The van der Waals surface area contributed by atoms with E-state index >= 15 is 0 Å². The molecule has 0 aromatic rings. The van der Waals surface area contributed by atoms with Gasteiger partial charge in [0.15, 0.2) is 0 Å². The number of piperazine rings is 1. The first kappa shape index (κ1) is 11.9. The van der Waals surface area contributed by atoms with Crippen LogP contribution in [0.1, 0.15) is 6.42 Å². The zero-order chi connectivity index (χ0) is 11.9. The maximum atomic E-state index is 11.7. The Morgan fingerprint density at radius 3 is 2.94 bits per heavy atom. The molecule has 17 heavy (non-hydrogen) atoms. The molecular weight excluding hydrogens is 216 g/mol. The number of rotatable bonds is 2. The quantitative estimate of drug-likeness (QED) is 0.786. The van der Waals surface area contributed by atoms with Crippen molar-refractivity contribution >= 4 is 6.09 Å². The summed E-state index contributed by atoms with van der Waals surface area (Å²) in [5.74, 6) is 0. The van der Waals surface area contributed by atoms with Crippen molar-refractivity contribution < 1.29 is 9.53 Å². The summed E-state index contributed by atoms with van der Waals surface area (Å²) in [6.07, 6.45) is 10.7. The van der Waals surface area contributed by atoms with Crippen molar-refractivity contribution in [1.82, 2.24) is 10.2 Å². The average Bonchev–Trinajstić information content (AvgIpc) is 2.65. The van der Waals surface area contributed by atoms with Crippen molar-refractivity contribution in [2.24, 2.45) is 0 Å². The Bertz CT molecular complexity index is 352. The minimum atomic E-state index is -0.204. The maximum Gasteiger partial charge on any atom is 0.410 e. The van der Waals surface area contributed by atoms with E-state index in [2.05, 4.69) is 11.4 Å². The molecule has 0 spiro atoms. The van der Waals surface area contributed by atoms with Crippen molar-refractivity contribution in [3.8, 4) is 0 Å². The average molecular weight is 234 g/mol. The number of amides is 1. The molecule has 1 aliphatic carbocycles. The lowest BCUT2D eigenvalue weighted by molar-refractivity contribution is 0.105. The van der Waals surface area contributed by atoms with E-state index in [9.17, 15) is 4.79 Å². The second-order valence-corrected chi connectivity index (χ2v) is 4.13. The van der Waals surface area contributed by atoms with E-state index in [1.54, 1.807) is 4.90 Å². The number of nitrogens with one attached hydrogen (secondary N) is 1. The molecule has 4 heteroatoms. The van der Waals surface area contributed by atoms with Crippen molar-refractivity contribution in [1.29, 1.82) is 0 Å². The molecule has 0 bridgehead atoms. The topological polar surface area (TPSA) is 41.6 Å². The van der Waals surface area contributed by atoms with Gasteiger partial charge in [-0.2, -0.15) is 0 Å². The second kappa shape index (κ2) is 6.25. The Morgan fingerprint density at radius 1 is 1.29 bits per heavy atom. The molecule has 4 nitrogen and oxygen atoms in total. The third kappa shape index (κ3) is 3.75. The third-order valence-corrected chi connectivity index (χ3v) is 2.83. The number of nitrogens with zero attached hydrogens (tertiary/aromatic N) is 1. The van der Waals surface area contributed by atoms with Crippen LogP contribution in [0, 0.1) is 0 Å². The molecule has 0 atom stereocenters. The highest BCUT2D eigenvalue weighted by atomic mass is 16.6. The minimum Gasteiger partial charge on any atom is -0.445 e. The molecule has 0 saturated carbocycles. The first-order chi connectivity index (χ1) is 8.36. The lowest BCUT2D eigenvalue weighted by Crippen LogP contribution is -2.46. The molecule has 0 radical (unpaired) electrons. The van der Waals surface area contributed by atoms with Gasteiger partial charge in [0.2, 0.25) is 0 Å². The second-order valence-electron chi connectivity index (χ2n) is 4.13. The van der Waals surface area contributed by atoms with Crippen LogP contribution in [0.25, 0.3) is 0 Å². The fraction of sp³-hybridized carbons (Fsp3) is 0.462. The minimum absolute atomic E-state index is 0.204. The fourth-order valence-corrected chi connectivity index (χ4v) is 1.82. The van der Waals surface area contributed by atoms with Gasteiger partial charge >= 0.3 is 6.09 Å². The number of hydrogen-bond donors (Lipinski definition) is 1. The van der Waals surface area contributed by atoms with Gasteiger partial charge in [-0.3, -0.25) is 0 Å². The van der Waals surface area contributed by atoms with Gasteiger partial charge in [0, 0.05) is 26.2 Å². The fourth-order valence-electron chi connectivity index (χ4n) is 1.82. The highest BCUT2D eigenvalue weighted by Gasteiger charge is 2.17. The van der Waals surface area contributed by atoms with Crippen LogP contribution >= 0.6 is 0 Å². The van der Waals surface area contributed by atoms with Crippen LogP contribution in [0.4, 0.5) is 4.79 Å². The zero-order valence-electron chi connectivity index (χ0n) is 9.89. The van der Waals surface area contributed by atoms with Crippen molar-refractivity contribution in [2.45, 2.75) is 6.42 Å². The molecule has 0 aromatic heterocycles. The lowest BCUT2D eigenvalue weighted by atomic mass is 10.2. The van der Waals surface area contributed by atoms with Gasteiger partial charge in [0.05, 0.1) is 0 Å². The summed E-state index contributed by atoms with van der Waals surface area (Å²) in [4.78, 5) is 13.5. The summed E-state index contributed by atoms with van der Waals surface area (Å²) < 4.78 is 5.30. The Balaban J connectivity index is 1.77. The van der Waals surface area contributed by atoms with Crippen LogP contribution in [-0.2, 0) is 4.74 Å². The molecule has 2 rings (SSSR count). The number of hydrogen-bond acceptors (Lipinski definition) is 3. The number of ether oxygens (including phenoxy) is 1. The van der Waals surface area contributed by atoms with Gasteiger partial charge in [0.25, 0.3) is 0 Å². The van der Waals surface area contributed by atoms with E-state index in [1.165, 1.54) is 0 Å². The molecule has 2 aliphatic rings. The smallest absolute Gasteiger partial charge is 0.410 e. The van der Waals surface area contributed by atoms with E-state index in [1.807, 2.05) is 24.3 Å². The molecule has 1 amide bonds. The summed E-state index contributed by atoms with van der Waals surface area (Å²) in [6, 6.07) is 0. The van der Waals surface area contributed by atoms with Gasteiger partial charge in [-0.05, 0) is 12.0 Å². The van der Waals surface area contributed by atoms with Crippen LogP contribution in [0.5, 0.6) is 0 Å². The molecule has 92 valence electrons. The van der Waals surface area contributed by atoms with Gasteiger partial charge < -0.3 is 15.0 Å². The first-order valence-corrected chi connectivity index (χ1v) is 6.00. The van der Waals surface area contributed by atoms with Gasteiger partial charge in [-0.25, -0.2) is 4.79 Å². The van der Waals surface area contributed by atoms with Crippen molar-refractivity contribution in [2.75, 3.05) is 32.8 Å². The Labute approximate surface area is 102 Å². The van der Waals surface area contributed by atoms with Gasteiger partial charge in [-0.15, -0.1) is 0 Å². The number of allylic oxidation sites excluding steroid dienone is 5. The Morgan fingerprint density at radius 2 is 2.12 bits per heavy atom. The van der Waals surface area contributed by atoms with Crippen molar-refractivity contribution in [3.05, 3.63) is 36.0 Å². The predicted molar refractivity (Wildman–Crippen MR) is 66.8 cm³/mol. The maximum absolute atomic E-state index is 11.7. The highest BCUT2D eigenvalue weighted by Crippen LogP contribution is 2.08. The SMILES string of the molecule is O=C(OCC1=CC=CC=CC1)N1CCNCC1. The van der Waals surface area contributed by atoms with E-state index in [0.717, 1.165) is 38.2 Å². The van der Waals surface area contributed by atoms with Gasteiger partial charge in [-0.1, -0.05) is 30.4 Å². The van der Waals surface area contributed by atoms with Crippen LogP contribution in [0.2, 0.25) is 0 Å². The monoisotopic (exact) mass is 234 g/mol. The van der Waals surface area contributed by atoms with E-state index in [0.29, 0.717) is 6.61 Å². The van der Waals surface area contributed by atoms with Crippen LogP contribution in [-0.4, -0.2) is 43.8 Å². The lowest BCUT2D eigenvalue weighted by Gasteiger charge is -2.26. The molecule has 1 heterocycles.